The van der Waals surface area contributed by atoms with Crippen LogP contribution in [0.2, 0.25) is 0 Å². The summed E-state index contributed by atoms with van der Waals surface area (Å²) in [6.07, 6.45) is 6.37. The molecule has 0 amide bonds. The van der Waals surface area contributed by atoms with Crippen LogP contribution in [0.15, 0.2) is 41.1 Å². The number of hydrogen-bond acceptors (Lipinski definition) is 2. The highest BCUT2D eigenvalue weighted by molar-refractivity contribution is 9.10. The van der Waals surface area contributed by atoms with Crippen LogP contribution in [0.3, 0.4) is 0 Å². The quantitative estimate of drug-likeness (QED) is 0.923. The highest BCUT2D eigenvalue weighted by atomic mass is 79.9. The van der Waals surface area contributed by atoms with Gasteiger partial charge < -0.3 is 9.88 Å². The topological polar surface area (TPSA) is 29.9 Å². The Morgan fingerprint density at radius 3 is 2.61 bits per heavy atom. The number of hydrogen-bond donors (Lipinski definition) is 1. The molecule has 1 aliphatic rings. The van der Waals surface area contributed by atoms with Crippen molar-refractivity contribution >= 4 is 15.9 Å². The summed E-state index contributed by atoms with van der Waals surface area (Å²) in [5.41, 5.74) is 1.18. The second-order valence-electron chi connectivity index (χ2n) is 4.65. The average molecular weight is 306 g/mol. The number of rotatable bonds is 2. The average Bonchev–Trinajstić information content (AvgIpc) is 2.90. The Hall–Kier alpha value is -1.13. The molecule has 0 saturated carbocycles. The molecule has 2 heterocycles. The lowest BCUT2D eigenvalue weighted by atomic mass is 10.1. The maximum absolute atomic E-state index is 4.52. The third kappa shape index (κ3) is 2.35. The summed E-state index contributed by atoms with van der Waals surface area (Å²) >= 11 is 3.47. The van der Waals surface area contributed by atoms with Crippen molar-refractivity contribution in [3.8, 4) is 11.4 Å². The van der Waals surface area contributed by atoms with Crippen LogP contribution in [0, 0.1) is 0 Å². The first-order valence-corrected chi connectivity index (χ1v) is 7.13. The summed E-state index contributed by atoms with van der Waals surface area (Å²) in [6.45, 7) is 2.20. The largest absolute Gasteiger partial charge is 0.328 e. The molecule has 0 spiro atoms. The minimum Gasteiger partial charge on any atom is -0.328 e. The lowest BCUT2D eigenvalue weighted by molar-refractivity contribution is 0.370. The fourth-order valence-electron chi connectivity index (χ4n) is 2.52. The molecule has 1 N–H and O–H groups in total. The predicted octanol–water partition coefficient (Wildman–Crippen LogP) is 3.24. The maximum Gasteiger partial charge on any atom is 0.140 e. The summed E-state index contributed by atoms with van der Waals surface area (Å²) in [6, 6.07) is 8.94. The molecule has 0 radical (unpaired) electrons. The number of imidazole rings is 1. The van der Waals surface area contributed by atoms with Gasteiger partial charge in [-0.15, -0.1) is 0 Å². The number of nitrogens with zero attached hydrogens (tertiary/aromatic N) is 2. The Kier molecular flexibility index (Phi) is 3.48. The van der Waals surface area contributed by atoms with E-state index < -0.39 is 0 Å². The molecule has 1 aliphatic heterocycles. The number of aromatic nitrogens is 2. The Balaban J connectivity index is 1.93. The van der Waals surface area contributed by atoms with Gasteiger partial charge in [-0.1, -0.05) is 28.1 Å². The second-order valence-corrected chi connectivity index (χ2v) is 5.56. The molecule has 1 saturated heterocycles. The number of piperidine rings is 1. The normalized spacial score (nSPS) is 16.9. The molecule has 18 heavy (non-hydrogen) atoms. The first-order valence-electron chi connectivity index (χ1n) is 6.34. The highest BCUT2D eigenvalue weighted by Crippen LogP contribution is 2.26. The van der Waals surface area contributed by atoms with E-state index in [1.165, 1.54) is 18.4 Å². The second kappa shape index (κ2) is 5.24. The van der Waals surface area contributed by atoms with E-state index in [1.54, 1.807) is 0 Å². The van der Waals surface area contributed by atoms with Crippen molar-refractivity contribution in [3.63, 3.8) is 0 Å². The summed E-state index contributed by atoms with van der Waals surface area (Å²) in [5.74, 6) is 1.08. The Labute approximate surface area is 115 Å². The molecule has 4 heteroatoms. The number of halogens is 1. The van der Waals surface area contributed by atoms with E-state index in [2.05, 4.69) is 61.3 Å². The predicted molar refractivity (Wildman–Crippen MR) is 76.5 cm³/mol. The van der Waals surface area contributed by atoms with Gasteiger partial charge in [-0.3, -0.25) is 0 Å². The third-order valence-corrected chi connectivity index (χ3v) is 4.00. The maximum atomic E-state index is 4.52. The van der Waals surface area contributed by atoms with Gasteiger partial charge in [0.2, 0.25) is 0 Å². The van der Waals surface area contributed by atoms with Crippen LogP contribution in [0.1, 0.15) is 18.9 Å². The van der Waals surface area contributed by atoms with E-state index >= 15 is 0 Å². The van der Waals surface area contributed by atoms with Crippen molar-refractivity contribution in [2.45, 2.75) is 18.9 Å². The van der Waals surface area contributed by atoms with E-state index in [4.69, 9.17) is 0 Å². The first kappa shape index (κ1) is 11.9. The zero-order chi connectivity index (χ0) is 12.4. The summed E-state index contributed by atoms with van der Waals surface area (Å²) in [7, 11) is 0. The summed E-state index contributed by atoms with van der Waals surface area (Å²) in [5, 5.41) is 3.40. The van der Waals surface area contributed by atoms with Crippen LogP contribution in [0.5, 0.6) is 0 Å². The van der Waals surface area contributed by atoms with Crippen LogP contribution in [0.25, 0.3) is 11.4 Å². The van der Waals surface area contributed by atoms with Gasteiger partial charge in [-0.2, -0.15) is 0 Å². The first-order chi connectivity index (χ1) is 8.84. The van der Waals surface area contributed by atoms with Crippen molar-refractivity contribution in [1.29, 1.82) is 0 Å². The molecule has 94 valence electrons. The van der Waals surface area contributed by atoms with Gasteiger partial charge in [-0.25, -0.2) is 4.98 Å². The molecule has 3 nitrogen and oxygen atoms in total. The van der Waals surface area contributed by atoms with Crippen LogP contribution in [0.4, 0.5) is 0 Å². The summed E-state index contributed by atoms with van der Waals surface area (Å²) in [4.78, 5) is 4.52. The molecule has 3 rings (SSSR count). The Morgan fingerprint density at radius 2 is 1.89 bits per heavy atom. The molecule has 0 atom stereocenters. The van der Waals surface area contributed by atoms with Gasteiger partial charge in [-0.05, 0) is 38.1 Å². The summed E-state index contributed by atoms with van der Waals surface area (Å²) < 4.78 is 3.43. The van der Waals surface area contributed by atoms with E-state index in [-0.39, 0.29) is 0 Å². The molecule has 1 aromatic heterocycles. The molecule has 0 bridgehead atoms. The van der Waals surface area contributed by atoms with Gasteiger partial charge in [0.1, 0.15) is 5.82 Å². The molecule has 1 fully saturated rings. The zero-order valence-electron chi connectivity index (χ0n) is 10.1. The monoisotopic (exact) mass is 305 g/mol. The van der Waals surface area contributed by atoms with Gasteiger partial charge in [0.05, 0.1) is 0 Å². The number of nitrogens with one attached hydrogen (secondary N) is 1. The van der Waals surface area contributed by atoms with E-state index in [9.17, 15) is 0 Å². The van der Waals surface area contributed by atoms with Crippen LogP contribution >= 0.6 is 15.9 Å². The van der Waals surface area contributed by atoms with Crippen LogP contribution in [-0.2, 0) is 0 Å². The van der Waals surface area contributed by atoms with Crippen molar-refractivity contribution < 1.29 is 0 Å². The lowest BCUT2D eigenvalue weighted by Crippen LogP contribution is -2.29. The Morgan fingerprint density at radius 1 is 1.17 bits per heavy atom. The standard InChI is InChI=1S/C14H16BrN3/c15-12-3-1-11(2-4-12)14-17-9-10-18(14)13-5-7-16-8-6-13/h1-4,9-10,13,16H,5-8H2. The van der Waals surface area contributed by atoms with E-state index in [0.29, 0.717) is 6.04 Å². The Bertz CT molecular complexity index is 512. The van der Waals surface area contributed by atoms with Crippen LogP contribution < -0.4 is 5.32 Å². The van der Waals surface area contributed by atoms with Crippen LogP contribution in [-0.4, -0.2) is 22.6 Å². The van der Waals surface area contributed by atoms with Gasteiger partial charge in [0, 0.05) is 28.5 Å². The molecule has 0 aliphatic carbocycles. The van der Waals surface area contributed by atoms with Crippen molar-refractivity contribution in [2.24, 2.45) is 0 Å². The van der Waals surface area contributed by atoms with E-state index in [1.807, 2.05) is 6.20 Å². The zero-order valence-corrected chi connectivity index (χ0v) is 11.7. The highest BCUT2D eigenvalue weighted by Gasteiger charge is 2.17. The molecule has 0 unspecified atom stereocenters. The van der Waals surface area contributed by atoms with Gasteiger partial charge in [0.15, 0.2) is 0 Å². The molecule has 1 aromatic carbocycles. The lowest BCUT2D eigenvalue weighted by Gasteiger charge is -2.25. The smallest absolute Gasteiger partial charge is 0.140 e. The third-order valence-electron chi connectivity index (χ3n) is 3.47. The minimum atomic E-state index is 0.576. The van der Waals surface area contributed by atoms with Gasteiger partial charge in [0.25, 0.3) is 0 Å². The van der Waals surface area contributed by atoms with Crippen molar-refractivity contribution in [3.05, 3.63) is 41.1 Å². The molecular formula is C14H16BrN3. The van der Waals surface area contributed by atoms with Crippen molar-refractivity contribution in [2.75, 3.05) is 13.1 Å². The molecule has 2 aromatic rings. The fourth-order valence-corrected chi connectivity index (χ4v) is 2.78. The van der Waals surface area contributed by atoms with Gasteiger partial charge >= 0.3 is 0 Å². The van der Waals surface area contributed by atoms with Crippen molar-refractivity contribution in [1.82, 2.24) is 14.9 Å². The minimum absolute atomic E-state index is 0.576. The SMILES string of the molecule is Brc1ccc(-c2nccn2C2CCNCC2)cc1. The molecular weight excluding hydrogens is 290 g/mol. The fraction of sp³-hybridized carbons (Fsp3) is 0.357. The number of benzene rings is 1. The van der Waals surface area contributed by atoms with E-state index in [0.717, 1.165) is 23.4 Å².